The van der Waals surface area contributed by atoms with E-state index in [0.717, 1.165) is 51.8 Å². The van der Waals surface area contributed by atoms with Gasteiger partial charge >= 0.3 is 6.01 Å². The Bertz CT molecular complexity index is 1720. The molecular weight excluding hydrogens is 552 g/mol. The van der Waals surface area contributed by atoms with E-state index in [1.54, 1.807) is 18.3 Å². The van der Waals surface area contributed by atoms with Gasteiger partial charge in [0.15, 0.2) is 5.82 Å². The molecule has 226 valence electrons. The number of pyridine rings is 1. The first-order valence-corrected chi connectivity index (χ1v) is 15.2. The van der Waals surface area contributed by atoms with Crippen LogP contribution in [0, 0.1) is 17.0 Å². The number of fused-ring (bicyclic) bond motifs is 2. The number of ether oxygens (including phenoxy) is 2. The molecule has 3 fully saturated rings. The lowest BCUT2D eigenvalue weighted by atomic mass is 9.86. The second-order valence-corrected chi connectivity index (χ2v) is 12.8. The predicted octanol–water partition coefficient (Wildman–Crippen LogP) is 5.87. The van der Waals surface area contributed by atoms with Crippen molar-refractivity contribution in [2.45, 2.75) is 51.0 Å². The van der Waals surface area contributed by atoms with Crippen molar-refractivity contribution < 1.29 is 23.4 Å². The number of nitrogens with zero attached hydrogens (tertiary/aromatic N) is 5. The molecule has 0 amide bonds. The van der Waals surface area contributed by atoms with Crippen molar-refractivity contribution in [3.05, 3.63) is 47.7 Å². The molecule has 2 aromatic carbocycles. The van der Waals surface area contributed by atoms with Crippen LogP contribution in [0.1, 0.15) is 44.6 Å². The van der Waals surface area contributed by atoms with Crippen LogP contribution in [0.3, 0.4) is 0 Å². The third kappa shape index (κ3) is 5.04. The number of phenolic OH excluding ortho intramolecular Hbond substituents is 1. The first-order valence-electron chi connectivity index (χ1n) is 15.2. The Morgan fingerprint density at radius 3 is 2.63 bits per heavy atom. The lowest BCUT2D eigenvalue weighted by molar-refractivity contribution is -0.151. The molecule has 0 unspecified atom stereocenters. The quantitative estimate of drug-likeness (QED) is 0.273. The van der Waals surface area contributed by atoms with Gasteiger partial charge in [0.1, 0.15) is 28.6 Å². The lowest BCUT2D eigenvalue weighted by Gasteiger charge is -2.48. The van der Waals surface area contributed by atoms with E-state index in [0.29, 0.717) is 52.7 Å². The molecule has 8 nitrogen and oxygen atoms in total. The van der Waals surface area contributed by atoms with E-state index in [1.807, 2.05) is 21.0 Å². The summed E-state index contributed by atoms with van der Waals surface area (Å²) in [5.74, 6) is -0.525. The minimum atomic E-state index is -0.662. The van der Waals surface area contributed by atoms with E-state index in [2.05, 4.69) is 19.8 Å². The molecule has 2 aliphatic heterocycles. The van der Waals surface area contributed by atoms with Crippen LogP contribution in [0.4, 0.5) is 14.6 Å². The molecule has 7 rings (SSSR count). The van der Waals surface area contributed by atoms with Crippen LogP contribution in [0.5, 0.6) is 11.8 Å². The zero-order valence-electron chi connectivity index (χ0n) is 24.9. The number of aryl methyl sites for hydroxylation is 1. The largest absolute Gasteiger partial charge is 0.508 e. The lowest BCUT2D eigenvalue weighted by Crippen LogP contribution is -2.56. The van der Waals surface area contributed by atoms with Crippen molar-refractivity contribution >= 4 is 27.5 Å². The number of piperidine rings is 1. The van der Waals surface area contributed by atoms with Crippen LogP contribution in [-0.2, 0) is 11.2 Å². The van der Waals surface area contributed by atoms with Gasteiger partial charge in [-0.15, -0.1) is 0 Å². The smallest absolute Gasteiger partial charge is 0.319 e. The van der Waals surface area contributed by atoms with E-state index in [1.165, 1.54) is 12.1 Å². The molecule has 2 aromatic heterocycles. The Balaban J connectivity index is 1.37. The number of benzene rings is 2. The number of halogens is 2. The summed E-state index contributed by atoms with van der Waals surface area (Å²) < 4.78 is 43.9. The Morgan fingerprint density at radius 1 is 1.12 bits per heavy atom. The van der Waals surface area contributed by atoms with Gasteiger partial charge in [-0.1, -0.05) is 13.0 Å². The molecule has 4 heterocycles. The maximum absolute atomic E-state index is 16.7. The SMILES string of the molecule is CCc1c(F)ccc2cc(O)cc(-c3ncc4c(N5CCC[C@@]6(CCO6)C5)nc(OCC5(CN(C)C)CC5)nc4c3F)c12. The van der Waals surface area contributed by atoms with Gasteiger partial charge in [0.25, 0.3) is 0 Å². The van der Waals surface area contributed by atoms with Gasteiger partial charge in [-0.25, -0.2) is 8.78 Å². The average molecular weight is 590 g/mol. The van der Waals surface area contributed by atoms with Crippen LogP contribution >= 0.6 is 0 Å². The molecular formula is C33H37F2N5O3. The summed E-state index contributed by atoms with van der Waals surface area (Å²) in [6.45, 7) is 5.34. The molecule has 0 radical (unpaired) electrons. The number of hydrogen-bond acceptors (Lipinski definition) is 8. The van der Waals surface area contributed by atoms with Gasteiger partial charge in [0.05, 0.1) is 24.2 Å². The zero-order chi connectivity index (χ0) is 29.9. The number of phenols is 1. The summed E-state index contributed by atoms with van der Waals surface area (Å²) in [6.07, 6.45) is 7.00. The summed E-state index contributed by atoms with van der Waals surface area (Å²) in [6, 6.07) is 6.09. The van der Waals surface area contributed by atoms with E-state index in [4.69, 9.17) is 14.5 Å². The van der Waals surface area contributed by atoms with Crippen LogP contribution in [0.2, 0.25) is 0 Å². The standard InChI is InChI=1S/C33H37F2N5O3/c1-4-22-25(34)7-6-20-14-21(41)15-23(26(20)22)28-27(35)29-24(16-36-28)30(40-12-5-8-33(18-40)11-13-43-33)38-31(37-29)42-19-32(9-10-32)17-39(2)3/h6-7,14-16,41H,4-5,8-13,17-19H2,1-3H3/t33-/m1/s1. The highest BCUT2D eigenvalue weighted by Gasteiger charge is 2.45. The maximum Gasteiger partial charge on any atom is 0.319 e. The third-order valence-electron chi connectivity index (χ3n) is 9.33. The summed E-state index contributed by atoms with van der Waals surface area (Å²) in [4.78, 5) is 18.3. The van der Waals surface area contributed by atoms with Crippen LogP contribution < -0.4 is 9.64 Å². The van der Waals surface area contributed by atoms with Crippen molar-refractivity contribution in [1.82, 2.24) is 19.9 Å². The van der Waals surface area contributed by atoms with Gasteiger partial charge < -0.3 is 24.4 Å². The maximum atomic E-state index is 16.7. The van der Waals surface area contributed by atoms with Crippen LogP contribution in [-0.4, -0.2) is 77.5 Å². The molecule has 43 heavy (non-hydrogen) atoms. The first-order chi connectivity index (χ1) is 20.7. The van der Waals surface area contributed by atoms with Crippen molar-refractivity contribution in [3.8, 4) is 23.0 Å². The van der Waals surface area contributed by atoms with E-state index >= 15 is 4.39 Å². The van der Waals surface area contributed by atoms with Gasteiger partial charge in [-0.3, -0.25) is 4.98 Å². The monoisotopic (exact) mass is 589 g/mol. The molecule has 1 spiro atoms. The number of rotatable bonds is 8. The van der Waals surface area contributed by atoms with Gasteiger partial charge in [0.2, 0.25) is 0 Å². The van der Waals surface area contributed by atoms with Crippen LogP contribution in [0.25, 0.3) is 32.9 Å². The average Bonchev–Trinajstić information content (AvgIpc) is 3.74. The fourth-order valence-electron chi connectivity index (χ4n) is 6.95. The Kier molecular flexibility index (Phi) is 6.89. The second kappa shape index (κ2) is 10.5. The fraction of sp³-hybridized carbons (Fsp3) is 0.485. The second-order valence-electron chi connectivity index (χ2n) is 12.8. The molecule has 1 aliphatic carbocycles. The van der Waals surface area contributed by atoms with E-state index in [-0.39, 0.29) is 39.8 Å². The van der Waals surface area contributed by atoms with Crippen molar-refractivity contribution in [2.75, 3.05) is 51.8 Å². The van der Waals surface area contributed by atoms with Crippen molar-refractivity contribution in [1.29, 1.82) is 0 Å². The fourth-order valence-corrected chi connectivity index (χ4v) is 6.95. The molecule has 4 aromatic rings. The molecule has 1 atom stereocenters. The normalized spacial score (nSPS) is 21.1. The Labute approximate surface area is 249 Å². The molecule has 3 aliphatic rings. The summed E-state index contributed by atoms with van der Waals surface area (Å²) in [7, 11) is 4.09. The van der Waals surface area contributed by atoms with Gasteiger partial charge in [-0.05, 0) is 80.7 Å². The topological polar surface area (TPSA) is 83.8 Å². The highest BCUT2D eigenvalue weighted by molar-refractivity contribution is 6.01. The zero-order valence-corrected chi connectivity index (χ0v) is 24.9. The van der Waals surface area contributed by atoms with E-state index in [9.17, 15) is 9.50 Å². The molecule has 0 bridgehead atoms. The summed E-state index contributed by atoms with van der Waals surface area (Å²) in [5.41, 5.74) is 0.676. The predicted molar refractivity (Wildman–Crippen MR) is 162 cm³/mol. The number of hydrogen-bond donors (Lipinski definition) is 1. The van der Waals surface area contributed by atoms with Crippen molar-refractivity contribution in [2.24, 2.45) is 5.41 Å². The molecule has 10 heteroatoms. The highest BCUT2D eigenvalue weighted by Crippen LogP contribution is 2.46. The third-order valence-corrected chi connectivity index (χ3v) is 9.33. The van der Waals surface area contributed by atoms with Gasteiger partial charge in [-0.2, -0.15) is 9.97 Å². The summed E-state index contributed by atoms with van der Waals surface area (Å²) in [5, 5.41) is 12.2. The van der Waals surface area contributed by atoms with Gasteiger partial charge in [0, 0.05) is 43.2 Å². The highest BCUT2D eigenvalue weighted by atomic mass is 19.1. The van der Waals surface area contributed by atoms with E-state index < -0.39 is 5.82 Å². The first kappa shape index (κ1) is 28.2. The molecule has 2 saturated heterocycles. The molecule has 1 saturated carbocycles. The number of aromatic hydroxyl groups is 1. The Hall–Kier alpha value is -3.63. The minimum Gasteiger partial charge on any atom is -0.508 e. The van der Waals surface area contributed by atoms with Crippen molar-refractivity contribution in [3.63, 3.8) is 0 Å². The number of aromatic nitrogens is 3. The van der Waals surface area contributed by atoms with Crippen LogP contribution in [0.15, 0.2) is 30.5 Å². The summed E-state index contributed by atoms with van der Waals surface area (Å²) >= 11 is 0. The Morgan fingerprint density at radius 2 is 1.93 bits per heavy atom. The minimum absolute atomic E-state index is 0.00647. The number of anilines is 1. The molecule has 1 N–H and O–H groups in total.